The molecule has 0 radical (unpaired) electrons. The number of hydrogen-bond acceptors (Lipinski definition) is 4. The first-order valence-corrected chi connectivity index (χ1v) is 7.95. The van der Waals surface area contributed by atoms with Crippen molar-refractivity contribution in [1.29, 1.82) is 0 Å². The topological polar surface area (TPSA) is 72.0 Å². The van der Waals surface area contributed by atoms with E-state index < -0.39 is 10.8 Å². The van der Waals surface area contributed by atoms with Gasteiger partial charge in [0.1, 0.15) is 11.5 Å². The van der Waals surface area contributed by atoms with E-state index in [0.717, 1.165) is 0 Å². The number of carbonyl (C=O) groups excluding carboxylic acids is 1. The van der Waals surface area contributed by atoms with E-state index in [2.05, 4.69) is 15.3 Å². The smallest absolute Gasteiger partial charge is 0.271 e. The Bertz CT molecular complexity index is 494. The van der Waals surface area contributed by atoms with E-state index in [1.807, 2.05) is 13.8 Å². The second kappa shape index (κ2) is 6.96. The third kappa shape index (κ3) is 4.54. The van der Waals surface area contributed by atoms with E-state index in [4.69, 9.17) is 11.6 Å². The molecule has 1 amide bonds. The monoisotopic (exact) mass is 303 g/mol. The molecule has 0 aliphatic carbocycles. The lowest BCUT2D eigenvalue weighted by molar-refractivity contribution is 0.0948. The lowest BCUT2D eigenvalue weighted by Crippen LogP contribution is -2.33. The van der Waals surface area contributed by atoms with Gasteiger partial charge in [-0.05, 0) is 6.92 Å². The van der Waals surface area contributed by atoms with Crippen molar-refractivity contribution < 1.29 is 9.00 Å². The summed E-state index contributed by atoms with van der Waals surface area (Å²) in [6, 6.07) is 0. The molecule has 0 bridgehead atoms. The highest BCUT2D eigenvalue weighted by Gasteiger charge is 2.16. The minimum atomic E-state index is -0.981. The third-order valence-corrected chi connectivity index (χ3v) is 4.19. The Morgan fingerprint density at radius 2 is 2.11 bits per heavy atom. The van der Waals surface area contributed by atoms with Gasteiger partial charge in [-0.2, -0.15) is 0 Å². The van der Waals surface area contributed by atoms with E-state index >= 15 is 0 Å². The summed E-state index contributed by atoms with van der Waals surface area (Å²) in [5.74, 6) is 0.319. The van der Waals surface area contributed by atoms with Crippen molar-refractivity contribution in [2.24, 2.45) is 0 Å². The zero-order valence-electron chi connectivity index (χ0n) is 11.4. The van der Waals surface area contributed by atoms with Crippen LogP contribution in [0.5, 0.6) is 0 Å². The van der Waals surface area contributed by atoms with E-state index in [9.17, 15) is 9.00 Å². The molecule has 0 fully saturated rings. The molecule has 0 saturated carbocycles. The number of hydrogen-bond donors (Lipinski definition) is 1. The van der Waals surface area contributed by atoms with Crippen molar-refractivity contribution in [3.8, 4) is 0 Å². The van der Waals surface area contributed by atoms with Gasteiger partial charge < -0.3 is 5.32 Å². The van der Waals surface area contributed by atoms with Gasteiger partial charge in [-0.1, -0.05) is 25.4 Å². The maximum Gasteiger partial charge on any atom is 0.271 e. The average Bonchev–Trinajstić information content (AvgIpc) is 2.35. The number of nitrogens with zero attached hydrogens (tertiary/aromatic N) is 2. The normalized spacial score (nSPS) is 14.2. The number of amides is 1. The summed E-state index contributed by atoms with van der Waals surface area (Å²) >= 11 is 5.93. The van der Waals surface area contributed by atoms with Crippen LogP contribution in [0.25, 0.3) is 0 Å². The van der Waals surface area contributed by atoms with Crippen molar-refractivity contribution in [2.75, 3.05) is 12.8 Å². The molecular formula is C12H18ClN3O2S. The SMILES string of the molecule is CC(C)c1ncc(Cl)c(C(=O)NCC(C)S(C)=O)n1. The second-order valence-corrected chi connectivity index (χ2v) is 6.81. The molecule has 5 nitrogen and oxygen atoms in total. The summed E-state index contributed by atoms with van der Waals surface area (Å²) in [6.45, 7) is 6.00. The van der Waals surface area contributed by atoms with Gasteiger partial charge in [-0.25, -0.2) is 9.97 Å². The highest BCUT2D eigenvalue weighted by Crippen LogP contribution is 2.16. The van der Waals surface area contributed by atoms with Gasteiger partial charge in [0.05, 0.1) is 11.2 Å². The van der Waals surface area contributed by atoms with Crippen molar-refractivity contribution in [1.82, 2.24) is 15.3 Å². The van der Waals surface area contributed by atoms with Crippen LogP contribution in [0.15, 0.2) is 6.20 Å². The first-order valence-electron chi connectivity index (χ1n) is 5.95. The predicted molar refractivity (Wildman–Crippen MR) is 77.0 cm³/mol. The Balaban J connectivity index is 2.81. The molecule has 19 heavy (non-hydrogen) atoms. The van der Waals surface area contributed by atoms with Crippen LogP contribution in [0.2, 0.25) is 5.02 Å². The predicted octanol–water partition coefficient (Wildman–Crippen LogP) is 1.75. The van der Waals surface area contributed by atoms with Gasteiger partial charge in [0.15, 0.2) is 0 Å². The summed E-state index contributed by atoms with van der Waals surface area (Å²) in [5.41, 5.74) is 0.162. The van der Waals surface area contributed by atoms with Crippen LogP contribution < -0.4 is 5.32 Å². The number of aromatic nitrogens is 2. The van der Waals surface area contributed by atoms with Crippen LogP contribution >= 0.6 is 11.6 Å². The fourth-order valence-electron chi connectivity index (χ4n) is 1.26. The number of carbonyl (C=O) groups is 1. The van der Waals surface area contributed by atoms with Gasteiger partial charge in [0, 0.05) is 34.8 Å². The average molecular weight is 304 g/mol. The van der Waals surface area contributed by atoms with Crippen LogP contribution in [0.4, 0.5) is 0 Å². The molecule has 7 heteroatoms. The van der Waals surface area contributed by atoms with Crippen molar-refractivity contribution in [3.05, 3.63) is 22.7 Å². The number of halogens is 1. The van der Waals surface area contributed by atoms with Gasteiger partial charge in [0.2, 0.25) is 0 Å². The van der Waals surface area contributed by atoms with E-state index in [1.54, 1.807) is 13.2 Å². The van der Waals surface area contributed by atoms with Crippen LogP contribution in [0, 0.1) is 0 Å². The fraction of sp³-hybridized carbons (Fsp3) is 0.583. The maximum atomic E-state index is 12.0. The van der Waals surface area contributed by atoms with Gasteiger partial charge in [-0.15, -0.1) is 0 Å². The summed E-state index contributed by atoms with van der Waals surface area (Å²) in [4.78, 5) is 20.2. The quantitative estimate of drug-likeness (QED) is 0.899. The van der Waals surface area contributed by atoms with Crippen molar-refractivity contribution in [3.63, 3.8) is 0 Å². The Labute approximate surface area is 120 Å². The molecule has 0 aromatic carbocycles. The highest BCUT2D eigenvalue weighted by molar-refractivity contribution is 7.84. The van der Waals surface area contributed by atoms with E-state index in [0.29, 0.717) is 12.4 Å². The Kier molecular flexibility index (Phi) is 5.87. The molecule has 106 valence electrons. The molecule has 1 heterocycles. The number of rotatable bonds is 5. The van der Waals surface area contributed by atoms with Gasteiger partial charge >= 0.3 is 0 Å². The summed E-state index contributed by atoms with van der Waals surface area (Å²) in [7, 11) is -0.981. The first-order chi connectivity index (χ1) is 8.82. The molecule has 1 N–H and O–H groups in total. The van der Waals surface area contributed by atoms with Crippen LogP contribution in [-0.2, 0) is 10.8 Å². The molecule has 0 saturated heterocycles. The Morgan fingerprint density at radius 1 is 1.47 bits per heavy atom. The number of nitrogens with one attached hydrogen (secondary N) is 1. The lowest BCUT2D eigenvalue weighted by atomic mass is 10.2. The molecular weight excluding hydrogens is 286 g/mol. The molecule has 0 spiro atoms. The first kappa shape index (κ1) is 16.0. The van der Waals surface area contributed by atoms with E-state index in [-0.39, 0.29) is 27.8 Å². The lowest BCUT2D eigenvalue weighted by Gasteiger charge is -2.11. The van der Waals surface area contributed by atoms with Gasteiger partial charge in [-0.3, -0.25) is 9.00 Å². The molecule has 1 aromatic rings. The standard InChI is InChI=1S/C12H18ClN3O2S/c1-7(2)11-14-6-9(13)10(16-11)12(17)15-5-8(3)19(4)18/h6-8H,5H2,1-4H3,(H,15,17). The van der Waals surface area contributed by atoms with E-state index in [1.165, 1.54) is 6.20 Å². The Morgan fingerprint density at radius 3 is 2.63 bits per heavy atom. The molecule has 1 aromatic heterocycles. The second-order valence-electron chi connectivity index (χ2n) is 4.60. The molecule has 2 unspecified atom stereocenters. The highest BCUT2D eigenvalue weighted by atomic mass is 35.5. The molecule has 0 aliphatic heterocycles. The minimum Gasteiger partial charge on any atom is -0.349 e. The largest absolute Gasteiger partial charge is 0.349 e. The molecule has 0 aliphatic rings. The molecule has 2 atom stereocenters. The fourth-order valence-corrected chi connectivity index (χ4v) is 1.75. The third-order valence-electron chi connectivity index (χ3n) is 2.61. The minimum absolute atomic E-state index is 0.117. The summed E-state index contributed by atoms with van der Waals surface area (Å²) < 4.78 is 11.2. The van der Waals surface area contributed by atoms with Crippen LogP contribution in [0.1, 0.15) is 43.0 Å². The zero-order chi connectivity index (χ0) is 14.6. The summed E-state index contributed by atoms with van der Waals surface area (Å²) in [6.07, 6.45) is 3.03. The van der Waals surface area contributed by atoms with Crippen LogP contribution in [0.3, 0.4) is 0 Å². The maximum absolute atomic E-state index is 12.0. The molecule has 1 rings (SSSR count). The Hall–Kier alpha value is -1.01. The van der Waals surface area contributed by atoms with Crippen LogP contribution in [-0.4, -0.2) is 38.1 Å². The zero-order valence-corrected chi connectivity index (χ0v) is 13.0. The summed E-state index contributed by atoms with van der Waals surface area (Å²) in [5, 5.41) is 2.78. The van der Waals surface area contributed by atoms with Crippen molar-refractivity contribution >= 4 is 28.3 Å². The van der Waals surface area contributed by atoms with Gasteiger partial charge in [0.25, 0.3) is 5.91 Å². The van der Waals surface area contributed by atoms with Crippen molar-refractivity contribution in [2.45, 2.75) is 31.9 Å².